The van der Waals surface area contributed by atoms with E-state index < -0.39 is 0 Å². The van der Waals surface area contributed by atoms with Crippen LogP contribution in [-0.2, 0) is 20.9 Å². The van der Waals surface area contributed by atoms with Crippen LogP contribution in [0.25, 0.3) is 0 Å². The van der Waals surface area contributed by atoms with Crippen molar-refractivity contribution in [3.63, 3.8) is 0 Å². The number of methoxy groups -OCH3 is 1. The van der Waals surface area contributed by atoms with E-state index in [1.54, 1.807) is 12.1 Å². The highest BCUT2D eigenvalue weighted by Gasteiger charge is 2.38. The number of hydrogen-bond donors (Lipinski definition) is 3. The van der Waals surface area contributed by atoms with Gasteiger partial charge in [-0.05, 0) is 18.4 Å². The fourth-order valence-electron chi connectivity index (χ4n) is 2.83. The Kier molecular flexibility index (Phi) is 5.14. The first-order chi connectivity index (χ1) is 10.5. The maximum atomic E-state index is 12.3. The van der Waals surface area contributed by atoms with Crippen molar-refractivity contribution in [2.45, 2.75) is 25.8 Å². The minimum absolute atomic E-state index is 0.0162. The average Bonchev–Trinajstić information content (AvgIpc) is 3.01. The van der Waals surface area contributed by atoms with Crippen molar-refractivity contribution in [2.24, 2.45) is 17.6 Å². The fourth-order valence-corrected chi connectivity index (χ4v) is 2.83. The molecule has 22 heavy (non-hydrogen) atoms. The lowest BCUT2D eigenvalue weighted by molar-refractivity contribution is -0.149. The van der Waals surface area contributed by atoms with Crippen LogP contribution in [0.15, 0.2) is 24.3 Å². The molecular weight excluding hydrogens is 282 g/mol. The second kappa shape index (κ2) is 7.06. The van der Waals surface area contributed by atoms with Gasteiger partial charge in [-0.1, -0.05) is 30.7 Å². The zero-order chi connectivity index (χ0) is 16.1. The minimum Gasteiger partial charge on any atom is -0.469 e. The third-order valence-corrected chi connectivity index (χ3v) is 4.09. The standard InChI is InChI=1S/C16H21N3O3/c1-22-16(21)13-4-2-3-12(13)15(20)19-9-10-5-7-11(8-6-10)14(17)18/h5-8,12-13H,2-4,9H2,1H3,(H3,17,18)(H,19,20)/t12-,13-/m0/s1. The highest BCUT2D eigenvalue weighted by atomic mass is 16.5. The first-order valence-electron chi connectivity index (χ1n) is 7.31. The molecule has 2 rings (SSSR count). The molecule has 0 aromatic heterocycles. The molecule has 2 atom stereocenters. The molecule has 1 aromatic carbocycles. The van der Waals surface area contributed by atoms with E-state index in [0.29, 0.717) is 18.5 Å². The molecule has 1 saturated carbocycles. The van der Waals surface area contributed by atoms with E-state index in [-0.39, 0.29) is 29.5 Å². The summed E-state index contributed by atoms with van der Waals surface area (Å²) in [7, 11) is 1.35. The lowest BCUT2D eigenvalue weighted by Crippen LogP contribution is -2.35. The third-order valence-electron chi connectivity index (χ3n) is 4.09. The molecule has 1 aromatic rings. The number of ether oxygens (including phenoxy) is 1. The molecule has 1 fully saturated rings. The van der Waals surface area contributed by atoms with Gasteiger partial charge in [0.25, 0.3) is 0 Å². The van der Waals surface area contributed by atoms with E-state index in [1.165, 1.54) is 7.11 Å². The number of esters is 1. The number of rotatable bonds is 5. The van der Waals surface area contributed by atoms with E-state index in [4.69, 9.17) is 15.9 Å². The zero-order valence-corrected chi connectivity index (χ0v) is 12.6. The Bertz CT molecular complexity index is 569. The van der Waals surface area contributed by atoms with Gasteiger partial charge in [0.05, 0.1) is 18.9 Å². The van der Waals surface area contributed by atoms with Crippen molar-refractivity contribution in [1.29, 1.82) is 5.41 Å². The highest BCUT2D eigenvalue weighted by Crippen LogP contribution is 2.32. The molecule has 0 aliphatic heterocycles. The van der Waals surface area contributed by atoms with Crippen LogP contribution >= 0.6 is 0 Å². The monoisotopic (exact) mass is 303 g/mol. The van der Waals surface area contributed by atoms with Gasteiger partial charge in [0.2, 0.25) is 5.91 Å². The molecule has 4 N–H and O–H groups in total. The molecule has 0 saturated heterocycles. The Morgan fingerprint density at radius 2 is 1.91 bits per heavy atom. The van der Waals surface area contributed by atoms with Gasteiger partial charge in [-0.3, -0.25) is 15.0 Å². The lowest BCUT2D eigenvalue weighted by Gasteiger charge is -2.17. The number of nitrogens with two attached hydrogens (primary N) is 1. The number of amidine groups is 1. The summed E-state index contributed by atoms with van der Waals surface area (Å²) in [4.78, 5) is 23.9. The van der Waals surface area contributed by atoms with Crippen molar-refractivity contribution in [2.75, 3.05) is 7.11 Å². The van der Waals surface area contributed by atoms with Gasteiger partial charge in [-0.25, -0.2) is 0 Å². The fraction of sp³-hybridized carbons (Fsp3) is 0.438. The molecule has 6 heteroatoms. The Morgan fingerprint density at radius 3 is 2.50 bits per heavy atom. The summed E-state index contributed by atoms with van der Waals surface area (Å²) in [6.07, 6.45) is 2.29. The molecule has 0 unspecified atom stereocenters. The van der Waals surface area contributed by atoms with Crippen molar-refractivity contribution >= 4 is 17.7 Å². The van der Waals surface area contributed by atoms with Crippen molar-refractivity contribution in [3.05, 3.63) is 35.4 Å². The molecular formula is C16H21N3O3. The van der Waals surface area contributed by atoms with Crippen LogP contribution in [0.5, 0.6) is 0 Å². The van der Waals surface area contributed by atoms with E-state index in [0.717, 1.165) is 18.4 Å². The van der Waals surface area contributed by atoms with Gasteiger partial charge < -0.3 is 15.8 Å². The van der Waals surface area contributed by atoms with Crippen LogP contribution in [0.4, 0.5) is 0 Å². The second-order valence-corrected chi connectivity index (χ2v) is 5.50. The van der Waals surface area contributed by atoms with E-state index in [2.05, 4.69) is 5.32 Å². The SMILES string of the molecule is COC(=O)[C@H]1CCC[C@@H]1C(=O)NCc1ccc(C(=N)N)cc1. The van der Waals surface area contributed by atoms with Crippen LogP contribution < -0.4 is 11.1 Å². The van der Waals surface area contributed by atoms with E-state index >= 15 is 0 Å². The Balaban J connectivity index is 1.92. The van der Waals surface area contributed by atoms with Gasteiger partial charge in [0.15, 0.2) is 0 Å². The van der Waals surface area contributed by atoms with Crippen molar-refractivity contribution < 1.29 is 14.3 Å². The van der Waals surface area contributed by atoms with Gasteiger partial charge in [-0.2, -0.15) is 0 Å². The van der Waals surface area contributed by atoms with Crippen LogP contribution in [0.1, 0.15) is 30.4 Å². The summed E-state index contributed by atoms with van der Waals surface area (Å²) < 4.78 is 4.76. The molecule has 1 aliphatic carbocycles. The van der Waals surface area contributed by atoms with E-state index in [1.807, 2.05) is 12.1 Å². The second-order valence-electron chi connectivity index (χ2n) is 5.50. The number of nitrogen functional groups attached to an aromatic ring is 1. The highest BCUT2D eigenvalue weighted by molar-refractivity contribution is 5.94. The molecule has 0 radical (unpaired) electrons. The van der Waals surface area contributed by atoms with Crippen LogP contribution in [0.2, 0.25) is 0 Å². The molecule has 118 valence electrons. The molecule has 6 nitrogen and oxygen atoms in total. The molecule has 1 amide bonds. The predicted octanol–water partition coefficient (Wildman–Crippen LogP) is 1.18. The van der Waals surface area contributed by atoms with E-state index in [9.17, 15) is 9.59 Å². The lowest BCUT2D eigenvalue weighted by atomic mass is 9.95. The molecule has 0 heterocycles. The normalized spacial score (nSPS) is 20.4. The Hall–Kier alpha value is -2.37. The average molecular weight is 303 g/mol. The van der Waals surface area contributed by atoms with Crippen LogP contribution in [-0.4, -0.2) is 24.8 Å². The maximum absolute atomic E-state index is 12.3. The van der Waals surface area contributed by atoms with Crippen molar-refractivity contribution in [3.8, 4) is 0 Å². The predicted molar refractivity (Wildman–Crippen MR) is 82.2 cm³/mol. The maximum Gasteiger partial charge on any atom is 0.309 e. The van der Waals surface area contributed by atoms with Gasteiger partial charge in [0, 0.05) is 12.1 Å². The summed E-state index contributed by atoms with van der Waals surface area (Å²) in [5.74, 6) is -1.02. The van der Waals surface area contributed by atoms with Crippen LogP contribution in [0.3, 0.4) is 0 Å². The third kappa shape index (κ3) is 3.63. The Labute approximate surface area is 129 Å². The van der Waals surface area contributed by atoms with Crippen molar-refractivity contribution in [1.82, 2.24) is 5.32 Å². The van der Waals surface area contributed by atoms with Crippen LogP contribution in [0, 0.1) is 17.2 Å². The quantitative estimate of drug-likeness (QED) is 0.431. The topological polar surface area (TPSA) is 105 Å². The number of nitrogens with one attached hydrogen (secondary N) is 2. The van der Waals surface area contributed by atoms with Gasteiger partial charge in [-0.15, -0.1) is 0 Å². The summed E-state index contributed by atoms with van der Waals surface area (Å²) >= 11 is 0. The molecule has 0 bridgehead atoms. The largest absolute Gasteiger partial charge is 0.469 e. The number of carbonyl (C=O) groups is 2. The zero-order valence-electron chi connectivity index (χ0n) is 12.6. The number of benzene rings is 1. The summed E-state index contributed by atoms with van der Waals surface area (Å²) in [6.45, 7) is 0.390. The first kappa shape index (κ1) is 16.0. The number of hydrogen-bond acceptors (Lipinski definition) is 4. The number of amides is 1. The first-order valence-corrected chi connectivity index (χ1v) is 7.31. The van der Waals surface area contributed by atoms with Gasteiger partial charge >= 0.3 is 5.97 Å². The number of carbonyl (C=O) groups excluding carboxylic acids is 2. The Morgan fingerprint density at radius 1 is 1.27 bits per heavy atom. The smallest absolute Gasteiger partial charge is 0.309 e. The summed E-state index contributed by atoms with van der Waals surface area (Å²) in [5, 5.41) is 10.2. The van der Waals surface area contributed by atoms with Gasteiger partial charge in [0.1, 0.15) is 5.84 Å². The summed E-state index contributed by atoms with van der Waals surface area (Å²) in [6, 6.07) is 7.14. The molecule has 0 spiro atoms. The molecule has 1 aliphatic rings. The minimum atomic E-state index is -0.329. The summed E-state index contributed by atoms with van der Waals surface area (Å²) in [5.41, 5.74) is 6.97.